The fourth-order valence-electron chi connectivity index (χ4n) is 10.0. The molecular formula is C19H24. The molecule has 0 bridgehead atoms. The molecule has 8 atom stereocenters. The SMILES string of the molecule is CC1CC12CC21CC12CC21CC12CC21CC12CC2C. The summed E-state index contributed by atoms with van der Waals surface area (Å²) in [6.45, 7) is 5.08. The van der Waals surface area contributed by atoms with Gasteiger partial charge in [0.15, 0.2) is 0 Å². The van der Waals surface area contributed by atoms with E-state index in [0.717, 1.165) is 49.7 Å². The van der Waals surface area contributed by atoms with Crippen LogP contribution in [0.5, 0.6) is 0 Å². The molecule has 8 saturated carbocycles. The van der Waals surface area contributed by atoms with E-state index in [-0.39, 0.29) is 0 Å². The third-order valence-corrected chi connectivity index (χ3v) is 11.4. The Bertz CT molecular complexity index is 592. The lowest BCUT2D eigenvalue weighted by molar-refractivity contribution is 0.483. The van der Waals surface area contributed by atoms with Gasteiger partial charge in [0.2, 0.25) is 0 Å². The van der Waals surface area contributed by atoms with Crippen molar-refractivity contribution in [2.24, 2.45) is 49.7 Å². The van der Waals surface area contributed by atoms with E-state index in [1.165, 1.54) is 0 Å². The summed E-state index contributed by atoms with van der Waals surface area (Å²) >= 11 is 0. The smallest absolute Gasteiger partial charge is 0.0161 e. The summed E-state index contributed by atoms with van der Waals surface area (Å²) in [6, 6.07) is 0. The van der Waals surface area contributed by atoms with Crippen LogP contribution in [0.3, 0.4) is 0 Å². The summed E-state index contributed by atoms with van der Waals surface area (Å²) in [5.74, 6) is 2.23. The average Bonchev–Trinajstić information content (AvgIpc) is 3.17. The van der Waals surface area contributed by atoms with Gasteiger partial charge in [-0.05, 0) is 101 Å². The molecule has 8 unspecified atom stereocenters. The van der Waals surface area contributed by atoms with Gasteiger partial charge in [0.25, 0.3) is 0 Å². The molecule has 8 fully saturated rings. The molecule has 8 aliphatic rings. The zero-order chi connectivity index (χ0) is 12.3. The summed E-state index contributed by atoms with van der Waals surface area (Å²) in [6.07, 6.45) is 13.4. The Balaban J connectivity index is 1.18. The topological polar surface area (TPSA) is 0 Å². The number of fused-ring (bicyclic) bond motifs is 6. The van der Waals surface area contributed by atoms with Crippen LogP contribution >= 0.6 is 0 Å². The molecule has 0 nitrogen and oxygen atoms in total. The predicted molar refractivity (Wildman–Crippen MR) is 72.3 cm³/mol. The minimum atomic E-state index is 0.941. The van der Waals surface area contributed by atoms with Gasteiger partial charge < -0.3 is 0 Å². The van der Waals surface area contributed by atoms with Crippen LogP contribution in [0, 0.1) is 49.7 Å². The number of rotatable bonds is 0. The van der Waals surface area contributed by atoms with Gasteiger partial charge in [-0.15, -0.1) is 0 Å². The first-order chi connectivity index (χ1) is 9.00. The molecule has 0 N–H and O–H groups in total. The molecular weight excluding hydrogens is 228 g/mol. The zero-order valence-corrected chi connectivity index (χ0v) is 12.3. The van der Waals surface area contributed by atoms with Crippen molar-refractivity contribution in [1.82, 2.24) is 0 Å². The quantitative estimate of drug-likeness (QED) is 0.599. The third-order valence-electron chi connectivity index (χ3n) is 11.4. The predicted octanol–water partition coefficient (Wildman–Crippen LogP) is 4.39. The third kappa shape index (κ3) is 0.500. The highest BCUT2D eigenvalue weighted by Crippen LogP contribution is 3.20. The van der Waals surface area contributed by atoms with E-state index in [4.69, 9.17) is 0 Å². The van der Waals surface area contributed by atoms with Crippen molar-refractivity contribution in [2.45, 2.75) is 65.2 Å². The lowest BCUT2D eigenvalue weighted by atomic mass is 10.1. The van der Waals surface area contributed by atoms with E-state index in [9.17, 15) is 0 Å². The molecule has 8 rings (SSSR count). The molecule has 0 aromatic heterocycles. The minimum Gasteiger partial charge on any atom is -0.0619 e. The van der Waals surface area contributed by atoms with Crippen LogP contribution in [-0.4, -0.2) is 0 Å². The van der Waals surface area contributed by atoms with Crippen molar-refractivity contribution in [1.29, 1.82) is 0 Å². The van der Waals surface area contributed by atoms with Crippen molar-refractivity contribution in [2.75, 3.05) is 0 Å². The maximum absolute atomic E-state index is 2.54. The molecule has 7 spiro atoms. The van der Waals surface area contributed by atoms with Crippen molar-refractivity contribution in [3.63, 3.8) is 0 Å². The van der Waals surface area contributed by atoms with E-state index >= 15 is 0 Å². The van der Waals surface area contributed by atoms with Crippen LogP contribution in [0.2, 0.25) is 0 Å². The van der Waals surface area contributed by atoms with Gasteiger partial charge in [-0.1, -0.05) is 13.8 Å². The largest absolute Gasteiger partial charge is 0.0619 e. The summed E-state index contributed by atoms with van der Waals surface area (Å²) in [5.41, 5.74) is 6.71. The van der Waals surface area contributed by atoms with E-state index in [0.29, 0.717) is 0 Å². The first-order valence-electron chi connectivity index (χ1n) is 9.00. The fourth-order valence-corrected chi connectivity index (χ4v) is 10.0. The van der Waals surface area contributed by atoms with Crippen LogP contribution in [0.4, 0.5) is 0 Å². The minimum absolute atomic E-state index is 0.941. The molecule has 100 valence electrons. The van der Waals surface area contributed by atoms with Crippen LogP contribution < -0.4 is 0 Å². The summed E-state index contributed by atoms with van der Waals surface area (Å²) in [4.78, 5) is 0. The Morgan fingerprint density at radius 1 is 0.526 bits per heavy atom. The summed E-state index contributed by atoms with van der Waals surface area (Å²) in [5, 5.41) is 0. The van der Waals surface area contributed by atoms with Gasteiger partial charge in [-0.2, -0.15) is 0 Å². The molecule has 0 heterocycles. The maximum Gasteiger partial charge on any atom is -0.0161 e. The van der Waals surface area contributed by atoms with Crippen LogP contribution in [-0.2, 0) is 0 Å². The van der Waals surface area contributed by atoms with Crippen LogP contribution in [0.15, 0.2) is 0 Å². The highest BCUT2D eigenvalue weighted by atomic mass is 15.2. The molecule has 0 saturated heterocycles. The Labute approximate surface area is 115 Å². The molecule has 0 radical (unpaired) electrons. The zero-order valence-electron chi connectivity index (χ0n) is 12.3. The molecule has 19 heavy (non-hydrogen) atoms. The Morgan fingerprint density at radius 3 is 1.16 bits per heavy atom. The van der Waals surface area contributed by atoms with E-state index < -0.39 is 0 Å². The molecule has 0 aliphatic heterocycles. The second-order valence-corrected chi connectivity index (χ2v) is 11.0. The van der Waals surface area contributed by atoms with Gasteiger partial charge in [0, 0.05) is 0 Å². The summed E-state index contributed by atoms with van der Waals surface area (Å²) in [7, 11) is 0. The van der Waals surface area contributed by atoms with E-state index in [1.807, 2.05) is 0 Å². The first kappa shape index (κ1) is 9.11. The van der Waals surface area contributed by atoms with Crippen molar-refractivity contribution >= 4 is 0 Å². The number of hydrogen-bond donors (Lipinski definition) is 0. The average molecular weight is 252 g/mol. The monoisotopic (exact) mass is 252 g/mol. The summed E-state index contributed by atoms with van der Waals surface area (Å²) < 4.78 is 0. The second-order valence-electron chi connectivity index (χ2n) is 11.0. The Hall–Kier alpha value is 0. The molecule has 0 aromatic carbocycles. The van der Waals surface area contributed by atoms with Gasteiger partial charge in [0.1, 0.15) is 0 Å². The van der Waals surface area contributed by atoms with Crippen molar-refractivity contribution < 1.29 is 0 Å². The van der Waals surface area contributed by atoms with Crippen LogP contribution in [0.25, 0.3) is 0 Å². The molecule has 0 amide bonds. The second kappa shape index (κ2) is 1.66. The lowest BCUT2D eigenvalue weighted by Gasteiger charge is -1.97. The van der Waals surface area contributed by atoms with E-state index in [1.54, 1.807) is 51.4 Å². The fraction of sp³-hybridized carbons (Fsp3) is 1.00. The highest BCUT2D eigenvalue weighted by molar-refractivity contribution is 5.61. The Kier molecular flexibility index (Phi) is 0.795. The van der Waals surface area contributed by atoms with Gasteiger partial charge >= 0.3 is 0 Å². The van der Waals surface area contributed by atoms with E-state index in [2.05, 4.69) is 13.8 Å². The first-order valence-corrected chi connectivity index (χ1v) is 9.00. The maximum atomic E-state index is 2.54. The van der Waals surface area contributed by atoms with Gasteiger partial charge in [0.05, 0.1) is 0 Å². The van der Waals surface area contributed by atoms with Crippen LogP contribution in [0.1, 0.15) is 65.2 Å². The van der Waals surface area contributed by atoms with Gasteiger partial charge in [-0.3, -0.25) is 0 Å². The van der Waals surface area contributed by atoms with Crippen molar-refractivity contribution in [3.8, 4) is 0 Å². The normalized spacial score (nSPS) is 92.5. The molecule has 0 heteroatoms. The molecule has 0 aromatic rings. The van der Waals surface area contributed by atoms with Gasteiger partial charge in [-0.25, -0.2) is 0 Å². The highest BCUT2D eigenvalue weighted by Gasteiger charge is 3.13. The standard InChI is InChI=1S/C19H24/c1-11-3-13(11)5-15(13)7-17(15)9-19(17)10-18(19)8-16(18)6-14(16)4-12(14)2/h11-12H,3-10H2,1-2H3. The molecule has 8 aliphatic carbocycles. The number of hydrogen-bond acceptors (Lipinski definition) is 0. The van der Waals surface area contributed by atoms with Crippen molar-refractivity contribution in [3.05, 3.63) is 0 Å². The Morgan fingerprint density at radius 2 is 0.842 bits per heavy atom. The lowest BCUT2D eigenvalue weighted by Crippen LogP contribution is -1.95.